The van der Waals surface area contributed by atoms with Crippen molar-refractivity contribution < 1.29 is 19.0 Å². The van der Waals surface area contributed by atoms with Gasteiger partial charge in [0.2, 0.25) is 0 Å². The molecule has 0 aromatic heterocycles. The summed E-state index contributed by atoms with van der Waals surface area (Å²) in [6.45, 7) is -0.00233. The Morgan fingerprint density at radius 3 is 2.94 bits per heavy atom. The van der Waals surface area contributed by atoms with Crippen molar-refractivity contribution in [3.63, 3.8) is 0 Å². The topological polar surface area (TPSA) is 49.8 Å². The lowest BCUT2D eigenvalue weighted by Gasteiger charge is -2.12. The second kappa shape index (κ2) is 4.39. The summed E-state index contributed by atoms with van der Waals surface area (Å²) in [5, 5.41) is 8.86. The fourth-order valence-electron chi connectivity index (χ4n) is 1.48. The highest BCUT2D eigenvalue weighted by atomic mass is 79.9. The third kappa shape index (κ3) is 2.03. The molecule has 1 heterocycles. The van der Waals surface area contributed by atoms with E-state index in [1.54, 1.807) is 6.07 Å². The van der Waals surface area contributed by atoms with E-state index in [-0.39, 0.29) is 13.2 Å². The highest BCUT2D eigenvalue weighted by Gasteiger charge is 2.31. The number of carbonyl (C=O) groups is 1. The smallest absolute Gasteiger partial charge is 0.414 e. The molecule has 1 aromatic carbocycles. The molecule has 0 radical (unpaired) electrons. The van der Waals surface area contributed by atoms with Gasteiger partial charge in [0.1, 0.15) is 11.9 Å². The number of aliphatic hydroxyl groups is 1. The van der Waals surface area contributed by atoms with Gasteiger partial charge in [-0.2, -0.15) is 0 Å². The Morgan fingerprint density at radius 2 is 2.38 bits per heavy atom. The maximum Gasteiger partial charge on any atom is 0.414 e. The third-order valence-corrected chi connectivity index (χ3v) is 2.94. The van der Waals surface area contributed by atoms with Gasteiger partial charge in [-0.15, -0.1) is 0 Å². The van der Waals surface area contributed by atoms with E-state index in [0.29, 0.717) is 10.2 Å². The third-order valence-electron chi connectivity index (χ3n) is 2.29. The first kappa shape index (κ1) is 11.3. The van der Waals surface area contributed by atoms with Gasteiger partial charge in [0.05, 0.1) is 23.3 Å². The molecule has 0 saturated carbocycles. The zero-order chi connectivity index (χ0) is 11.7. The molecule has 1 aliphatic rings. The molecule has 6 heteroatoms. The van der Waals surface area contributed by atoms with Gasteiger partial charge in [-0.05, 0) is 34.1 Å². The fraction of sp³-hybridized carbons (Fsp3) is 0.300. The van der Waals surface area contributed by atoms with Crippen molar-refractivity contribution in [3.8, 4) is 0 Å². The van der Waals surface area contributed by atoms with Crippen LogP contribution < -0.4 is 4.90 Å². The average Bonchev–Trinajstić information content (AvgIpc) is 2.64. The van der Waals surface area contributed by atoms with Gasteiger partial charge in [-0.25, -0.2) is 9.18 Å². The van der Waals surface area contributed by atoms with E-state index in [1.807, 2.05) is 0 Å². The van der Waals surface area contributed by atoms with E-state index in [1.165, 1.54) is 17.0 Å². The molecule has 1 saturated heterocycles. The maximum absolute atomic E-state index is 13.3. The van der Waals surface area contributed by atoms with E-state index in [4.69, 9.17) is 9.84 Å². The molecule has 1 aromatic rings. The highest BCUT2D eigenvalue weighted by Crippen LogP contribution is 2.25. The van der Waals surface area contributed by atoms with E-state index < -0.39 is 18.0 Å². The van der Waals surface area contributed by atoms with Crippen molar-refractivity contribution in [3.05, 3.63) is 28.5 Å². The zero-order valence-electron chi connectivity index (χ0n) is 8.19. The van der Waals surface area contributed by atoms with Gasteiger partial charge in [-0.3, -0.25) is 4.90 Å². The Morgan fingerprint density at radius 1 is 1.62 bits per heavy atom. The predicted molar refractivity (Wildman–Crippen MR) is 58.8 cm³/mol. The first-order valence-electron chi connectivity index (χ1n) is 4.66. The molecule has 1 aliphatic heterocycles. The molecule has 2 rings (SSSR count). The van der Waals surface area contributed by atoms with Crippen LogP contribution in [-0.2, 0) is 4.74 Å². The Kier molecular flexibility index (Phi) is 3.11. The number of amides is 1. The molecular weight excluding hydrogens is 281 g/mol. The average molecular weight is 290 g/mol. The van der Waals surface area contributed by atoms with Crippen molar-refractivity contribution >= 4 is 27.7 Å². The minimum atomic E-state index is -0.569. The first-order chi connectivity index (χ1) is 7.61. The molecule has 0 unspecified atom stereocenters. The van der Waals surface area contributed by atoms with Crippen LogP contribution in [0.3, 0.4) is 0 Å². The molecule has 1 N–H and O–H groups in total. The maximum atomic E-state index is 13.3. The van der Waals surface area contributed by atoms with Gasteiger partial charge in [0.15, 0.2) is 0 Å². The van der Waals surface area contributed by atoms with Gasteiger partial charge in [-0.1, -0.05) is 0 Å². The second-order valence-electron chi connectivity index (χ2n) is 3.40. The van der Waals surface area contributed by atoms with Crippen molar-refractivity contribution in [2.24, 2.45) is 0 Å². The summed E-state index contributed by atoms with van der Waals surface area (Å²) in [4.78, 5) is 12.7. The number of halogens is 2. The van der Waals surface area contributed by atoms with Crippen molar-refractivity contribution in [1.29, 1.82) is 0 Å². The first-order valence-corrected chi connectivity index (χ1v) is 5.45. The van der Waals surface area contributed by atoms with Crippen LogP contribution >= 0.6 is 15.9 Å². The van der Waals surface area contributed by atoms with Crippen LogP contribution in [0.25, 0.3) is 0 Å². The normalized spacial score (nSPS) is 20.1. The standard InChI is InChI=1S/C10H9BrFNO3/c11-8-2-1-6(3-9(8)12)13-4-7(5-14)16-10(13)15/h1-3,7,14H,4-5H2/t7-/m0/s1. The number of rotatable bonds is 2. The summed E-state index contributed by atoms with van der Waals surface area (Å²) in [6.07, 6.45) is -1.11. The molecule has 86 valence electrons. The Labute approximate surface area is 99.7 Å². The van der Waals surface area contributed by atoms with Crippen LogP contribution in [0.2, 0.25) is 0 Å². The predicted octanol–water partition coefficient (Wildman–Crippen LogP) is 1.91. The summed E-state index contributed by atoms with van der Waals surface area (Å²) in [6, 6.07) is 4.36. The van der Waals surface area contributed by atoms with E-state index >= 15 is 0 Å². The van der Waals surface area contributed by atoms with Crippen LogP contribution in [0.1, 0.15) is 0 Å². The minimum Gasteiger partial charge on any atom is -0.441 e. The summed E-state index contributed by atoms with van der Waals surface area (Å²) in [5.41, 5.74) is 0.418. The van der Waals surface area contributed by atoms with Gasteiger partial charge >= 0.3 is 6.09 Å². The molecule has 16 heavy (non-hydrogen) atoms. The molecule has 4 nitrogen and oxygen atoms in total. The van der Waals surface area contributed by atoms with Crippen LogP contribution in [0.5, 0.6) is 0 Å². The zero-order valence-corrected chi connectivity index (χ0v) is 9.78. The number of ether oxygens (including phenoxy) is 1. The monoisotopic (exact) mass is 289 g/mol. The lowest BCUT2D eigenvalue weighted by molar-refractivity contribution is 0.0963. The Balaban J connectivity index is 2.24. The van der Waals surface area contributed by atoms with Crippen LogP contribution in [0.4, 0.5) is 14.9 Å². The van der Waals surface area contributed by atoms with Crippen LogP contribution in [0.15, 0.2) is 22.7 Å². The Hall–Kier alpha value is -1.14. The van der Waals surface area contributed by atoms with Crippen LogP contribution in [-0.4, -0.2) is 30.5 Å². The summed E-state index contributed by atoms with van der Waals surface area (Å²) in [7, 11) is 0. The molecule has 1 fully saturated rings. The number of aliphatic hydroxyl groups excluding tert-OH is 1. The van der Waals surface area contributed by atoms with Gasteiger partial charge in [0, 0.05) is 0 Å². The number of anilines is 1. The molecule has 0 spiro atoms. The number of cyclic esters (lactones) is 1. The van der Waals surface area contributed by atoms with E-state index in [0.717, 1.165) is 0 Å². The fourth-order valence-corrected chi connectivity index (χ4v) is 1.73. The molecule has 0 aliphatic carbocycles. The van der Waals surface area contributed by atoms with E-state index in [2.05, 4.69) is 15.9 Å². The number of nitrogens with zero attached hydrogens (tertiary/aromatic N) is 1. The minimum absolute atomic E-state index is 0.233. The lowest BCUT2D eigenvalue weighted by Crippen LogP contribution is -2.25. The quantitative estimate of drug-likeness (QED) is 0.905. The van der Waals surface area contributed by atoms with Crippen molar-refractivity contribution in [1.82, 2.24) is 0 Å². The van der Waals surface area contributed by atoms with E-state index in [9.17, 15) is 9.18 Å². The summed E-state index contributed by atoms with van der Waals surface area (Å²) in [5.74, 6) is -0.447. The lowest BCUT2D eigenvalue weighted by atomic mass is 10.2. The number of carbonyl (C=O) groups excluding carboxylic acids is 1. The molecule has 1 atom stereocenters. The molecule has 0 bridgehead atoms. The summed E-state index contributed by atoms with van der Waals surface area (Å²) >= 11 is 3.03. The van der Waals surface area contributed by atoms with Crippen molar-refractivity contribution in [2.45, 2.75) is 6.10 Å². The highest BCUT2D eigenvalue weighted by molar-refractivity contribution is 9.10. The number of hydrogen-bond acceptors (Lipinski definition) is 3. The Bertz CT molecular complexity index is 427. The van der Waals surface area contributed by atoms with Crippen LogP contribution in [0, 0.1) is 5.82 Å². The number of benzene rings is 1. The molecular formula is C10H9BrFNO3. The largest absolute Gasteiger partial charge is 0.441 e. The second-order valence-corrected chi connectivity index (χ2v) is 4.25. The number of hydrogen-bond donors (Lipinski definition) is 1. The van der Waals surface area contributed by atoms with Crippen molar-refractivity contribution in [2.75, 3.05) is 18.1 Å². The molecule has 1 amide bonds. The van der Waals surface area contributed by atoms with Gasteiger partial charge < -0.3 is 9.84 Å². The van der Waals surface area contributed by atoms with Gasteiger partial charge in [0.25, 0.3) is 0 Å². The SMILES string of the molecule is O=C1O[C@H](CO)CN1c1ccc(Br)c(F)c1. The summed E-state index contributed by atoms with van der Waals surface area (Å²) < 4.78 is 18.4.